The molecule has 0 saturated carbocycles. The van der Waals surface area contributed by atoms with E-state index in [1.165, 1.54) is 0 Å². The van der Waals surface area contributed by atoms with Crippen LogP contribution in [0.4, 0.5) is 21.9 Å². The number of urea groups is 1. The molecule has 0 atom stereocenters. The third-order valence-corrected chi connectivity index (χ3v) is 2.85. The number of carbonyl (C=O) groups excluding carboxylic acids is 1. The molecule has 4 heteroatoms. The molecule has 0 aliphatic heterocycles. The van der Waals surface area contributed by atoms with Gasteiger partial charge in [0.2, 0.25) is 0 Å². The molecule has 0 bridgehead atoms. The van der Waals surface area contributed by atoms with Crippen LogP contribution >= 0.6 is 0 Å². The average molecular weight is 255 g/mol. The van der Waals surface area contributed by atoms with E-state index in [0.29, 0.717) is 11.4 Å². The van der Waals surface area contributed by atoms with E-state index in [0.717, 1.165) is 16.8 Å². The molecule has 2 amide bonds. The number of para-hydroxylation sites is 1. The first-order valence-electron chi connectivity index (χ1n) is 6.06. The summed E-state index contributed by atoms with van der Waals surface area (Å²) in [4.78, 5) is 11.9. The minimum atomic E-state index is -0.301. The van der Waals surface area contributed by atoms with Gasteiger partial charge in [-0.2, -0.15) is 0 Å². The number of nitrogens with two attached hydrogens (primary N) is 1. The van der Waals surface area contributed by atoms with Gasteiger partial charge in [-0.3, -0.25) is 0 Å². The molecule has 2 rings (SSSR count). The molecule has 0 spiro atoms. The van der Waals surface area contributed by atoms with Crippen LogP contribution in [0.15, 0.2) is 42.5 Å². The van der Waals surface area contributed by atoms with Crippen molar-refractivity contribution >= 4 is 23.1 Å². The van der Waals surface area contributed by atoms with Gasteiger partial charge in [0.15, 0.2) is 0 Å². The molecule has 0 aromatic heterocycles. The van der Waals surface area contributed by atoms with Gasteiger partial charge >= 0.3 is 6.03 Å². The molecule has 0 unspecified atom stereocenters. The van der Waals surface area contributed by atoms with Crippen molar-refractivity contribution in [3.63, 3.8) is 0 Å². The van der Waals surface area contributed by atoms with E-state index in [4.69, 9.17) is 5.73 Å². The highest BCUT2D eigenvalue weighted by molar-refractivity contribution is 6.02. The van der Waals surface area contributed by atoms with Crippen LogP contribution in [0.5, 0.6) is 0 Å². The summed E-state index contributed by atoms with van der Waals surface area (Å²) in [5.41, 5.74) is 9.86. The Morgan fingerprint density at radius 3 is 2.32 bits per heavy atom. The second kappa shape index (κ2) is 5.44. The Balaban J connectivity index is 2.07. The summed E-state index contributed by atoms with van der Waals surface area (Å²) in [6.07, 6.45) is 0. The molecule has 2 aromatic carbocycles. The number of hydrogen-bond acceptors (Lipinski definition) is 2. The molecule has 2 aromatic rings. The third-order valence-electron chi connectivity index (χ3n) is 2.85. The van der Waals surface area contributed by atoms with E-state index in [1.807, 2.05) is 50.2 Å². The van der Waals surface area contributed by atoms with E-state index in [-0.39, 0.29) is 6.03 Å². The Labute approximate surface area is 112 Å². The Hall–Kier alpha value is -2.49. The third kappa shape index (κ3) is 3.25. The summed E-state index contributed by atoms with van der Waals surface area (Å²) in [5, 5.41) is 5.53. The molecular formula is C15H17N3O. The van der Waals surface area contributed by atoms with Crippen molar-refractivity contribution in [2.24, 2.45) is 0 Å². The highest BCUT2D eigenvalue weighted by Crippen LogP contribution is 2.22. The van der Waals surface area contributed by atoms with Gasteiger partial charge in [0, 0.05) is 5.69 Å². The maximum absolute atomic E-state index is 11.9. The van der Waals surface area contributed by atoms with Crippen molar-refractivity contribution in [3.8, 4) is 0 Å². The Kier molecular flexibility index (Phi) is 3.71. The highest BCUT2D eigenvalue weighted by atomic mass is 16.2. The van der Waals surface area contributed by atoms with Crippen LogP contribution in [-0.2, 0) is 0 Å². The van der Waals surface area contributed by atoms with Crippen molar-refractivity contribution < 1.29 is 4.79 Å². The van der Waals surface area contributed by atoms with E-state index < -0.39 is 0 Å². The van der Waals surface area contributed by atoms with Gasteiger partial charge in [-0.15, -0.1) is 0 Å². The van der Waals surface area contributed by atoms with Crippen LogP contribution in [0.2, 0.25) is 0 Å². The molecule has 0 saturated heterocycles. The molecule has 0 radical (unpaired) electrons. The number of amides is 2. The van der Waals surface area contributed by atoms with Crippen LogP contribution in [-0.4, -0.2) is 6.03 Å². The topological polar surface area (TPSA) is 67.2 Å². The predicted molar refractivity (Wildman–Crippen MR) is 79.4 cm³/mol. The van der Waals surface area contributed by atoms with Crippen molar-refractivity contribution in [1.29, 1.82) is 0 Å². The van der Waals surface area contributed by atoms with Gasteiger partial charge in [-0.1, -0.05) is 29.8 Å². The Morgan fingerprint density at radius 1 is 1.00 bits per heavy atom. The number of aryl methyl sites for hydroxylation is 2. The standard InChI is InChI=1S/C15H17N3O/c1-10-6-8-12(9-7-10)17-15(19)18-14-11(2)4-3-5-13(14)16/h3-9H,16H2,1-2H3,(H2,17,18,19). The second-order valence-corrected chi connectivity index (χ2v) is 4.48. The normalized spacial score (nSPS) is 10.0. The minimum Gasteiger partial charge on any atom is -0.397 e. The number of anilines is 3. The van der Waals surface area contributed by atoms with E-state index in [9.17, 15) is 4.79 Å². The summed E-state index contributed by atoms with van der Waals surface area (Å²) in [6, 6.07) is 12.8. The second-order valence-electron chi connectivity index (χ2n) is 4.48. The van der Waals surface area contributed by atoms with Crippen LogP contribution in [0.25, 0.3) is 0 Å². The fraction of sp³-hybridized carbons (Fsp3) is 0.133. The largest absolute Gasteiger partial charge is 0.397 e. The van der Waals surface area contributed by atoms with Crippen molar-refractivity contribution in [2.75, 3.05) is 16.4 Å². The van der Waals surface area contributed by atoms with E-state index in [1.54, 1.807) is 6.07 Å². The number of nitrogens with one attached hydrogen (secondary N) is 2. The zero-order valence-corrected chi connectivity index (χ0v) is 11.0. The Morgan fingerprint density at radius 2 is 1.68 bits per heavy atom. The molecule has 0 fully saturated rings. The lowest BCUT2D eigenvalue weighted by molar-refractivity contribution is 0.262. The first kappa shape index (κ1) is 13.0. The number of carbonyl (C=O) groups is 1. The molecule has 4 N–H and O–H groups in total. The van der Waals surface area contributed by atoms with Crippen molar-refractivity contribution in [1.82, 2.24) is 0 Å². The smallest absolute Gasteiger partial charge is 0.323 e. The van der Waals surface area contributed by atoms with Gasteiger partial charge in [-0.25, -0.2) is 4.79 Å². The van der Waals surface area contributed by atoms with E-state index >= 15 is 0 Å². The fourth-order valence-corrected chi connectivity index (χ4v) is 1.77. The Bertz CT molecular complexity index is 571. The summed E-state index contributed by atoms with van der Waals surface area (Å²) in [7, 11) is 0. The van der Waals surface area contributed by atoms with Gasteiger partial charge in [0.05, 0.1) is 11.4 Å². The zero-order valence-electron chi connectivity index (χ0n) is 11.0. The molecule has 98 valence electrons. The lowest BCUT2D eigenvalue weighted by Crippen LogP contribution is -2.20. The monoisotopic (exact) mass is 255 g/mol. The molecule has 0 aliphatic rings. The molecule has 0 aliphatic carbocycles. The quantitative estimate of drug-likeness (QED) is 0.719. The maximum atomic E-state index is 11.9. The highest BCUT2D eigenvalue weighted by Gasteiger charge is 2.07. The number of rotatable bonds is 2. The first-order chi connectivity index (χ1) is 9.06. The molecule has 0 heterocycles. The number of nitrogen functional groups attached to an aromatic ring is 1. The summed E-state index contributed by atoms with van der Waals surface area (Å²) in [6.45, 7) is 3.90. The molecule has 4 nitrogen and oxygen atoms in total. The maximum Gasteiger partial charge on any atom is 0.323 e. The van der Waals surface area contributed by atoms with Crippen LogP contribution in [0.1, 0.15) is 11.1 Å². The first-order valence-corrected chi connectivity index (χ1v) is 6.06. The minimum absolute atomic E-state index is 0.301. The van der Waals surface area contributed by atoms with Gasteiger partial charge in [0.1, 0.15) is 0 Å². The number of benzene rings is 2. The van der Waals surface area contributed by atoms with Gasteiger partial charge < -0.3 is 16.4 Å². The summed E-state index contributed by atoms with van der Waals surface area (Å²) in [5.74, 6) is 0. The van der Waals surface area contributed by atoms with Crippen LogP contribution in [0.3, 0.4) is 0 Å². The average Bonchev–Trinajstić information content (AvgIpc) is 2.37. The van der Waals surface area contributed by atoms with Gasteiger partial charge in [-0.05, 0) is 37.6 Å². The predicted octanol–water partition coefficient (Wildman–Crippen LogP) is 3.53. The lowest BCUT2D eigenvalue weighted by atomic mass is 10.1. The lowest BCUT2D eigenvalue weighted by Gasteiger charge is -2.12. The van der Waals surface area contributed by atoms with Crippen LogP contribution < -0.4 is 16.4 Å². The van der Waals surface area contributed by atoms with Crippen molar-refractivity contribution in [2.45, 2.75) is 13.8 Å². The van der Waals surface area contributed by atoms with Gasteiger partial charge in [0.25, 0.3) is 0 Å². The molecule has 19 heavy (non-hydrogen) atoms. The number of hydrogen-bond donors (Lipinski definition) is 3. The van der Waals surface area contributed by atoms with Crippen molar-refractivity contribution in [3.05, 3.63) is 53.6 Å². The SMILES string of the molecule is Cc1ccc(NC(=O)Nc2c(C)cccc2N)cc1. The summed E-state index contributed by atoms with van der Waals surface area (Å²) < 4.78 is 0. The fourth-order valence-electron chi connectivity index (χ4n) is 1.77. The zero-order chi connectivity index (χ0) is 13.8. The van der Waals surface area contributed by atoms with Crippen LogP contribution in [0, 0.1) is 13.8 Å². The van der Waals surface area contributed by atoms with E-state index in [2.05, 4.69) is 10.6 Å². The summed E-state index contributed by atoms with van der Waals surface area (Å²) >= 11 is 0. The molecular weight excluding hydrogens is 238 g/mol.